The molecule has 1 fully saturated rings. The zero-order valence-electron chi connectivity index (χ0n) is 17.5. The van der Waals surface area contributed by atoms with Crippen molar-refractivity contribution in [2.24, 2.45) is 0 Å². The van der Waals surface area contributed by atoms with Crippen molar-refractivity contribution in [3.8, 4) is 5.75 Å². The highest BCUT2D eigenvalue weighted by Gasteiger charge is 2.34. The second kappa shape index (κ2) is 8.84. The fraction of sp³-hybridized carbons (Fsp3) is 0.526. The lowest BCUT2D eigenvalue weighted by Crippen LogP contribution is -2.41. The molecule has 2 heterocycles. The van der Waals surface area contributed by atoms with Crippen LogP contribution in [0.5, 0.6) is 5.75 Å². The molecule has 3 rings (SSSR count). The Kier molecular flexibility index (Phi) is 6.61. The van der Waals surface area contributed by atoms with Crippen LogP contribution in [0, 0.1) is 13.8 Å². The smallest absolute Gasteiger partial charge is 0.235 e. The van der Waals surface area contributed by atoms with Crippen LogP contribution in [0.3, 0.4) is 0 Å². The van der Waals surface area contributed by atoms with Crippen LogP contribution in [0.15, 0.2) is 23.4 Å². The molecule has 2 aromatic rings. The van der Waals surface area contributed by atoms with E-state index < -0.39 is 15.1 Å². The molecule has 1 amide bonds. The van der Waals surface area contributed by atoms with E-state index in [1.807, 2.05) is 32.0 Å². The number of nitrogen functional groups attached to an aromatic ring is 1. The van der Waals surface area contributed by atoms with Crippen LogP contribution in [0.25, 0.3) is 0 Å². The topological polar surface area (TPSA) is 120 Å². The van der Waals surface area contributed by atoms with Gasteiger partial charge in [-0.2, -0.15) is 0 Å². The highest BCUT2D eigenvalue weighted by Crippen LogP contribution is 2.26. The molecule has 1 aliphatic heterocycles. The number of nitrogens with zero attached hydrogens (tertiary/aromatic N) is 4. The molecular formula is C19H27N5O4S2. The first kappa shape index (κ1) is 22.4. The van der Waals surface area contributed by atoms with Gasteiger partial charge < -0.3 is 15.5 Å². The van der Waals surface area contributed by atoms with Gasteiger partial charge in [-0.05, 0) is 38.3 Å². The van der Waals surface area contributed by atoms with Crippen molar-refractivity contribution in [2.75, 3.05) is 24.4 Å². The average molecular weight is 454 g/mol. The van der Waals surface area contributed by atoms with Gasteiger partial charge in [-0.15, -0.1) is 10.2 Å². The van der Waals surface area contributed by atoms with Crippen molar-refractivity contribution in [2.45, 2.75) is 50.2 Å². The molecule has 1 aliphatic rings. The Morgan fingerprint density at radius 3 is 2.63 bits per heavy atom. The third kappa shape index (κ3) is 4.89. The Morgan fingerprint density at radius 1 is 1.37 bits per heavy atom. The first-order valence-electron chi connectivity index (χ1n) is 9.61. The number of benzene rings is 1. The van der Waals surface area contributed by atoms with Crippen LogP contribution in [-0.2, 0) is 21.2 Å². The van der Waals surface area contributed by atoms with Gasteiger partial charge >= 0.3 is 0 Å². The summed E-state index contributed by atoms with van der Waals surface area (Å²) in [6.07, 6.45) is 0.467. The molecule has 0 spiro atoms. The van der Waals surface area contributed by atoms with Crippen molar-refractivity contribution in [1.82, 2.24) is 19.8 Å². The van der Waals surface area contributed by atoms with Gasteiger partial charge in [0.25, 0.3) is 0 Å². The molecule has 9 nitrogen and oxygen atoms in total. The van der Waals surface area contributed by atoms with E-state index in [0.29, 0.717) is 17.4 Å². The SMILES string of the molecule is Cc1cccc(C)c1OCc1nnc(SC(C)C(=O)N(C)C2CCS(=O)(=O)C2)n1N. The van der Waals surface area contributed by atoms with E-state index in [0.717, 1.165) is 16.9 Å². The van der Waals surface area contributed by atoms with Gasteiger partial charge in [-0.1, -0.05) is 30.0 Å². The number of aromatic nitrogens is 3. The summed E-state index contributed by atoms with van der Waals surface area (Å²) in [6.45, 7) is 5.83. The molecule has 0 radical (unpaired) electrons. The predicted molar refractivity (Wildman–Crippen MR) is 116 cm³/mol. The summed E-state index contributed by atoms with van der Waals surface area (Å²) in [7, 11) is -1.42. The van der Waals surface area contributed by atoms with Crippen LogP contribution < -0.4 is 10.6 Å². The molecule has 2 atom stereocenters. The first-order valence-corrected chi connectivity index (χ1v) is 12.3. The summed E-state index contributed by atoms with van der Waals surface area (Å²) in [5.74, 6) is 7.30. The molecule has 0 bridgehead atoms. The quantitative estimate of drug-likeness (QED) is 0.492. The largest absolute Gasteiger partial charge is 0.485 e. The first-order chi connectivity index (χ1) is 14.1. The summed E-state index contributed by atoms with van der Waals surface area (Å²) in [6, 6.07) is 5.61. The Bertz CT molecular complexity index is 1020. The zero-order valence-corrected chi connectivity index (χ0v) is 19.2. The standard InChI is InChI=1S/C19H27N5O4S2/c1-12-6-5-7-13(2)17(12)28-10-16-21-22-19(24(16)20)29-14(3)18(25)23(4)15-8-9-30(26,27)11-15/h5-7,14-15H,8-11,20H2,1-4H3. The van der Waals surface area contributed by atoms with Crippen molar-refractivity contribution in [1.29, 1.82) is 0 Å². The van der Waals surface area contributed by atoms with Crippen LogP contribution in [0.1, 0.15) is 30.3 Å². The Balaban J connectivity index is 1.62. The van der Waals surface area contributed by atoms with Crippen molar-refractivity contribution < 1.29 is 17.9 Å². The molecule has 1 saturated heterocycles. The maximum Gasteiger partial charge on any atom is 0.235 e. The number of hydrogen-bond acceptors (Lipinski definition) is 8. The molecule has 0 saturated carbocycles. The number of para-hydroxylation sites is 1. The predicted octanol–water partition coefficient (Wildman–Crippen LogP) is 1.31. The minimum absolute atomic E-state index is 0.0134. The van der Waals surface area contributed by atoms with E-state index in [9.17, 15) is 13.2 Å². The number of ether oxygens (including phenoxy) is 1. The van der Waals surface area contributed by atoms with E-state index in [1.54, 1.807) is 14.0 Å². The van der Waals surface area contributed by atoms with E-state index in [4.69, 9.17) is 10.6 Å². The molecule has 164 valence electrons. The number of aryl methyl sites for hydroxylation is 2. The lowest BCUT2D eigenvalue weighted by molar-refractivity contribution is -0.130. The molecular weight excluding hydrogens is 426 g/mol. The van der Waals surface area contributed by atoms with Crippen LogP contribution in [0.2, 0.25) is 0 Å². The van der Waals surface area contributed by atoms with Gasteiger partial charge in [-0.25, -0.2) is 13.1 Å². The molecule has 0 aliphatic carbocycles. The van der Waals surface area contributed by atoms with E-state index in [-0.39, 0.29) is 30.1 Å². The highest BCUT2D eigenvalue weighted by molar-refractivity contribution is 8.00. The zero-order chi connectivity index (χ0) is 22.1. The number of thioether (sulfide) groups is 1. The molecule has 1 aromatic carbocycles. The number of sulfone groups is 1. The summed E-state index contributed by atoms with van der Waals surface area (Å²) in [4.78, 5) is 14.3. The molecule has 2 N–H and O–H groups in total. The summed E-state index contributed by atoms with van der Waals surface area (Å²) in [5.41, 5.74) is 2.03. The fourth-order valence-electron chi connectivity index (χ4n) is 3.41. The average Bonchev–Trinajstić information content (AvgIpc) is 3.22. The van der Waals surface area contributed by atoms with Crippen LogP contribution in [0.4, 0.5) is 0 Å². The number of hydrogen-bond donors (Lipinski definition) is 1. The van der Waals surface area contributed by atoms with Gasteiger partial charge in [0, 0.05) is 13.1 Å². The van der Waals surface area contributed by atoms with E-state index in [2.05, 4.69) is 10.2 Å². The number of rotatable bonds is 7. The maximum absolute atomic E-state index is 12.7. The minimum Gasteiger partial charge on any atom is -0.485 e. The molecule has 11 heteroatoms. The fourth-order valence-corrected chi connectivity index (χ4v) is 6.07. The number of carbonyl (C=O) groups excluding carboxylic acids is 1. The monoisotopic (exact) mass is 453 g/mol. The van der Waals surface area contributed by atoms with Crippen molar-refractivity contribution in [3.63, 3.8) is 0 Å². The normalized spacial score (nSPS) is 18.9. The summed E-state index contributed by atoms with van der Waals surface area (Å²) >= 11 is 1.18. The summed E-state index contributed by atoms with van der Waals surface area (Å²) < 4.78 is 30.6. The maximum atomic E-state index is 12.7. The van der Waals surface area contributed by atoms with Crippen LogP contribution in [-0.4, -0.2) is 63.9 Å². The third-order valence-corrected chi connectivity index (χ3v) is 8.02. The van der Waals surface area contributed by atoms with Gasteiger partial charge in [0.2, 0.25) is 11.1 Å². The molecule has 30 heavy (non-hydrogen) atoms. The van der Waals surface area contributed by atoms with Gasteiger partial charge in [-0.3, -0.25) is 4.79 Å². The lowest BCUT2D eigenvalue weighted by Gasteiger charge is -2.26. The van der Waals surface area contributed by atoms with Gasteiger partial charge in [0.15, 0.2) is 15.7 Å². The molecule has 1 aromatic heterocycles. The minimum atomic E-state index is -3.06. The van der Waals surface area contributed by atoms with Gasteiger partial charge in [0.1, 0.15) is 12.4 Å². The van der Waals surface area contributed by atoms with Gasteiger partial charge in [0.05, 0.1) is 16.8 Å². The number of carbonyl (C=O) groups is 1. The Labute approximate surface area is 180 Å². The molecule has 2 unspecified atom stereocenters. The van der Waals surface area contributed by atoms with Crippen molar-refractivity contribution >= 4 is 27.5 Å². The van der Waals surface area contributed by atoms with E-state index in [1.165, 1.54) is 21.3 Å². The second-order valence-electron chi connectivity index (χ2n) is 7.54. The number of amides is 1. The third-order valence-electron chi connectivity index (χ3n) is 5.22. The lowest BCUT2D eigenvalue weighted by atomic mass is 10.1. The van der Waals surface area contributed by atoms with Crippen LogP contribution >= 0.6 is 11.8 Å². The highest BCUT2D eigenvalue weighted by atomic mass is 32.2. The second-order valence-corrected chi connectivity index (χ2v) is 11.1. The number of nitrogens with two attached hydrogens (primary N) is 1. The summed E-state index contributed by atoms with van der Waals surface area (Å²) in [5, 5.41) is 8.06. The van der Waals surface area contributed by atoms with E-state index >= 15 is 0 Å². The Hall–Kier alpha value is -2.27. The Morgan fingerprint density at radius 2 is 2.03 bits per heavy atom. The van der Waals surface area contributed by atoms with Crippen molar-refractivity contribution in [3.05, 3.63) is 35.2 Å².